The maximum atomic E-state index is 12.2. The summed E-state index contributed by atoms with van der Waals surface area (Å²) in [6, 6.07) is 0.498. The second-order valence-corrected chi connectivity index (χ2v) is 8.43. The summed E-state index contributed by atoms with van der Waals surface area (Å²) in [6.45, 7) is 10.9. The topological polar surface area (TPSA) is 26.8 Å². The van der Waals surface area contributed by atoms with Crippen molar-refractivity contribution >= 4 is 5.91 Å². The largest absolute Gasteiger partial charge is 0.337 e. The fraction of sp³-hybridized carbons (Fsp3) is 0.944. The van der Waals surface area contributed by atoms with E-state index in [1.165, 1.54) is 51.7 Å². The highest BCUT2D eigenvalue weighted by atomic mass is 16.2. The average molecular weight is 307 g/mol. The first kappa shape index (κ1) is 16.3. The first-order chi connectivity index (χ1) is 10.5. The molecule has 1 amide bonds. The van der Waals surface area contributed by atoms with Gasteiger partial charge in [0, 0.05) is 38.8 Å². The molecule has 0 unspecified atom stereocenters. The standard InChI is InChI=1S/C18H33N3O/c1-15(2)12-18(6-7-18)14-20-8-4-16(5-9-20)21-11-10-19(3)13-17(21)22/h15-16H,4-14H2,1-3H3. The van der Waals surface area contributed by atoms with Crippen molar-refractivity contribution in [2.45, 2.75) is 52.0 Å². The Hall–Kier alpha value is -0.610. The third-order valence-electron chi connectivity index (χ3n) is 5.80. The molecule has 0 N–H and O–H groups in total. The second kappa shape index (κ2) is 6.48. The molecule has 0 aromatic heterocycles. The van der Waals surface area contributed by atoms with Crippen LogP contribution in [0.2, 0.25) is 0 Å². The van der Waals surface area contributed by atoms with Gasteiger partial charge in [0.25, 0.3) is 0 Å². The zero-order valence-electron chi connectivity index (χ0n) is 14.7. The van der Waals surface area contributed by atoms with E-state index in [2.05, 4.69) is 28.5 Å². The van der Waals surface area contributed by atoms with Crippen LogP contribution in [-0.4, -0.2) is 73.0 Å². The quantitative estimate of drug-likeness (QED) is 0.778. The van der Waals surface area contributed by atoms with Gasteiger partial charge in [-0.1, -0.05) is 13.8 Å². The minimum Gasteiger partial charge on any atom is -0.337 e. The van der Waals surface area contributed by atoms with Gasteiger partial charge in [0.2, 0.25) is 5.91 Å². The number of rotatable bonds is 5. The molecule has 0 aromatic carbocycles. The van der Waals surface area contributed by atoms with Gasteiger partial charge in [0.15, 0.2) is 0 Å². The number of piperazine rings is 1. The van der Waals surface area contributed by atoms with Crippen molar-refractivity contribution in [3.63, 3.8) is 0 Å². The van der Waals surface area contributed by atoms with Gasteiger partial charge in [0.05, 0.1) is 6.54 Å². The third kappa shape index (κ3) is 3.83. The lowest BCUT2D eigenvalue weighted by Gasteiger charge is -2.42. The van der Waals surface area contributed by atoms with Crippen LogP contribution in [0.25, 0.3) is 0 Å². The van der Waals surface area contributed by atoms with E-state index in [0.29, 0.717) is 23.9 Å². The van der Waals surface area contributed by atoms with E-state index >= 15 is 0 Å². The first-order valence-electron chi connectivity index (χ1n) is 9.18. The third-order valence-corrected chi connectivity index (χ3v) is 5.80. The van der Waals surface area contributed by atoms with E-state index in [-0.39, 0.29) is 0 Å². The van der Waals surface area contributed by atoms with Crippen molar-refractivity contribution in [1.82, 2.24) is 14.7 Å². The summed E-state index contributed by atoms with van der Waals surface area (Å²) < 4.78 is 0. The van der Waals surface area contributed by atoms with E-state index in [9.17, 15) is 4.79 Å². The van der Waals surface area contributed by atoms with Gasteiger partial charge in [-0.05, 0) is 50.5 Å². The van der Waals surface area contributed by atoms with Crippen LogP contribution in [-0.2, 0) is 4.79 Å². The lowest BCUT2D eigenvalue weighted by atomic mass is 9.92. The van der Waals surface area contributed by atoms with Gasteiger partial charge in [-0.15, -0.1) is 0 Å². The molecular formula is C18H33N3O. The second-order valence-electron chi connectivity index (χ2n) is 8.43. The highest BCUT2D eigenvalue weighted by Gasteiger charge is 2.44. The van der Waals surface area contributed by atoms with Crippen molar-refractivity contribution in [1.29, 1.82) is 0 Å². The number of nitrogens with zero attached hydrogens (tertiary/aromatic N) is 3. The van der Waals surface area contributed by atoms with E-state index < -0.39 is 0 Å². The smallest absolute Gasteiger partial charge is 0.237 e. The van der Waals surface area contributed by atoms with Crippen molar-refractivity contribution in [3.05, 3.63) is 0 Å². The minimum absolute atomic E-state index is 0.339. The van der Waals surface area contributed by atoms with E-state index in [0.717, 1.165) is 19.0 Å². The molecule has 3 aliphatic rings. The molecule has 3 rings (SSSR count). The molecule has 0 atom stereocenters. The van der Waals surface area contributed by atoms with Crippen molar-refractivity contribution in [2.75, 3.05) is 46.3 Å². The van der Waals surface area contributed by atoms with E-state index in [1.54, 1.807) is 0 Å². The summed E-state index contributed by atoms with van der Waals surface area (Å²) in [7, 11) is 2.04. The number of carbonyl (C=O) groups excluding carboxylic acids is 1. The Morgan fingerprint density at radius 3 is 2.36 bits per heavy atom. The maximum Gasteiger partial charge on any atom is 0.237 e. The molecule has 2 aliphatic heterocycles. The van der Waals surface area contributed by atoms with Crippen LogP contribution >= 0.6 is 0 Å². The molecule has 22 heavy (non-hydrogen) atoms. The van der Waals surface area contributed by atoms with Crippen molar-refractivity contribution in [2.24, 2.45) is 11.3 Å². The van der Waals surface area contributed by atoms with Crippen LogP contribution in [0.3, 0.4) is 0 Å². The number of likely N-dealkylation sites (N-methyl/N-ethyl adjacent to an activating group) is 1. The molecule has 1 aliphatic carbocycles. The predicted octanol–water partition coefficient (Wildman–Crippen LogP) is 2.05. The Kier molecular flexibility index (Phi) is 4.79. The Balaban J connectivity index is 1.46. The van der Waals surface area contributed by atoms with Gasteiger partial charge in [-0.2, -0.15) is 0 Å². The lowest BCUT2D eigenvalue weighted by molar-refractivity contribution is -0.139. The fourth-order valence-corrected chi connectivity index (χ4v) is 4.52. The van der Waals surface area contributed by atoms with Gasteiger partial charge < -0.3 is 9.80 Å². The SMILES string of the molecule is CC(C)CC1(CN2CCC(N3CCN(C)CC3=O)CC2)CC1. The van der Waals surface area contributed by atoms with E-state index in [1.807, 2.05) is 7.05 Å². The molecule has 0 bridgehead atoms. The minimum atomic E-state index is 0.339. The zero-order valence-corrected chi connectivity index (χ0v) is 14.7. The molecule has 0 spiro atoms. The van der Waals surface area contributed by atoms with Gasteiger partial charge in [-0.25, -0.2) is 0 Å². The summed E-state index contributed by atoms with van der Waals surface area (Å²) in [6.07, 6.45) is 6.61. The monoisotopic (exact) mass is 307 g/mol. The van der Waals surface area contributed by atoms with E-state index in [4.69, 9.17) is 0 Å². The number of hydrogen-bond donors (Lipinski definition) is 0. The lowest BCUT2D eigenvalue weighted by Crippen LogP contribution is -2.55. The molecule has 0 aromatic rings. The van der Waals surface area contributed by atoms with Crippen LogP contribution in [0.1, 0.15) is 46.0 Å². The van der Waals surface area contributed by atoms with Gasteiger partial charge in [0.1, 0.15) is 0 Å². The molecule has 4 nitrogen and oxygen atoms in total. The highest BCUT2D eigenvalue weighted by Crippen LogP contribution is 2.51. The number of hydrogen-bond acceptors (Lipinski definition) is 3. The Morgan fingerprint density at radius 1 is 1.14 bits per heavy atom. The molecule has 2 heterocycles. The predicted molar refractivity (Wildman–Crippen MR) is 89.8 cm³/mol. The molecule has 126 valence electrons. The number of carbonyl (C=O) groups is 1. The Morgan fingerprint density at radius 2 is 1.82 bits per heavy atom. The first-order valence-corrected chi connectivity index (χ1v) is 9.18. The zero-order chi connectivity index (χ0) is 15.7. The molecule has 4 heteroatoms. The number of piperidine rings is 1. The molecule has 3 fully saturated rings. The molecule has 1 saturated carbocycles. The molecular weight excluding hydrogens is 274 g/mol. The number of likely N-dealkylation sites (tertiary alicyclic amines) is 1. The summed E-state index contributed by atoms with van der Waals surface area (Å²) in [5.41, 5.74) is 0.644. The van der Waals surface area contributed by atoms with Crippen LogP contribution in [0.4, 0.5) is 0 Å². The summed E-state index contributed by atoms with van der Waals surface area (Å²) in [4.78, 5) is 19.2. The Bertz CT molecular complexity index is 397. The maximum absolute atomic E-state index is 12.2. The fourth-order valence-electron chi connectivity index (χ4n) is 4.52. The number of amides is 1. The van der Waals surface area contributed by atoms with Crippen LogP contribution < -0.4 is 0 Å². The normalized spacial score (nSPS) is 27.6. The average Bonchev–Trinajstić information content (AvgIpc) is 3.18. The summed E-state index contributed by atoms with van der Waals surface area (Å²) in [5, 5.41) is 0. The van der Waals surface area contributed by atoms with Crippen molar-refractivity contribution < 1.29 is 4.79 Å². The summed E-state index contributed by atoms with van der Waals surface area (Å²) in [5.74, 6) is 1.16. The van der Waals surface area contributed by atoms with Crippen LogP contribution in [0, 0.1) is 11.3 Å². The molecule has 0 radical (unpaired) electrons. The van der Waals surface area contributed by atoms with Crippen LogP contribution in [0.5, 0.6) is 0 Å². The van der Waals surface area contributed by atoms with Gasteiger partial charge in [-0.3, -0.25) is 9.69 Å². The summed E-state index contributed by atoms with van der Waals surface area (Å²) >= 11 is 0. The molecule has 2 saturated heterocycles. The highest BCUT2D eigenvalue weighted by molar-refractivity contribution is 5.79. The van der Waals surface area contributed by atoms with Crippen molar-refractivity contribution in [3.8, 4) is 0 Å². The van der Waals surface area contributed by atoms with Gasteiger partial charge >= 0.3 is 0 Å². The van der Waals surface area contributed by atoms with Crippen LogP contribution in [0.15, 0.2) is 0 Å². The Labute approximate surface area is 135 Å².